The number of aromatic nitrogens is 4. The summed E-state index contributed by atoms with van der Waals surface area (Å²) < 4.78 is 7.12. The van der Waals surface area contributed by atoms with Crippen LogP contribution in [0.2, 0.25) is 0 Å². The minimum Gasteiger partial charge on any atom is -0.378 e. The van der Waals surface area contributed by atoms with Crippen molar-refractivity contribution in [2.45, 2.75) is 0 Å². The average Bonchev–Trinajstić information content (AvgIpc) is 3.32. The Kier molecular flexibility index (Phi) is 5.59. The van der Waals surface area contributed by atoms with E-state index in [9.17, 15) is 4.79 Å². The molecule has 2 aromatic heterocycles. The lowest BCUT2D eigenvalue weighted by Gasteiger charge is -2.29. The van der Waals surface area contributed by atoms with Gasteiger partial charge >= 0.3 is 0 Å². The van der Waals surface area contributed by atoms with Crippen molar-refractivity contribution in [2.75, 3.05) is 36.5 Å². The fraction of sp³-hybridized carbons (Fsp3) is 0.167. The number of hydrogen-bond donors (Lipinski definition) is 1. The number of morpholine rings is 1. The average molecular weight is 426 g/mol. The highest BCUT2D eigenvalue weighted by Crippen LogP contribution is 2.25. The molecule has 0 spiro atoms. The first kappa shape index (κ1) is 19.9. The molecule has 1 aliphatic heterocycles. The van der Waals surface area contributed by atoms with Gasteiger partial charge in [-0.05, 0) is 24.3 Å². The lowest BCUT2D eigenvalue weighted by atomic mass is 10.2. The second-order valence-electron chi connectivity index (χ2n) is 7.30. The molecule has 1 saturated heterocycles. The Balaban J connectivity index is 1.48. The highest BCUT2D eigenvalue weighted by atomic mass is 16.5. The number of amides is 1. The van der Waals surface area contributed by atoms with Gasteiger partial charge in [-0.1, -0.05) is 48.5 Å². The third kappa shape index (κ3) is 4.08. The number of nitrogens with one attached hydrogen (secondary N) is 1. The standard InChI is InChI=1S/C24H22N6O2/c31-24(26-20-12-7-13-25-23(20)29-14-16-32-17-15-29)21-27-22(18-8-3-1-4-9-18)30(28-21)19-10-5-2-6-11-19/h1-13H,14-17H2,(H,26,31). The minimum atomic E-state index is -0.389. The van der Waals surface area contributed by atoms with Gasteiger partial charge in [0, 0.05) is 24.8 Å². The van der Waals surface area contributed by atoms with E-state index in [2.05, 4.69) is 25.3 Å². The van der Waals surface area contributed by atoms with Crippen LogP contribution >= 0.6 is 0 Å². The molecule has 0 radical (unpaired) electrons. The predicted molar refractivity (Wildman–Crippen MR) is 122 cm³/mol. The summed E-state index contributed by atoms with van der Waals surface area (Å²) in [5, 5.41) is 7.48. The number of para-hydroxylation sites is 1. The van der Waals surface area contributed by atoms with Crippen LogP contribution < -0.4 is 10.2 Å². The summed E-state index contributed by atoms with van der Waals surface area (Å²) in [5.74, 6) is 1.01. The third-order valence-electron chi connectivity index (χ3n) is 5.19. The monoisotopic (exact) mass is 426 g/mol. The van der Waals surface area contributed by atoms with E-state index in [0.717, 1.165) is 30.2 Å². The van der Waals surface area contributed by atoms with Crippen molar-refractivity contribution in [3.8, 4) is 17.1 Å². The van der Waals surface area contributed by atoms with Gasteiger partial charge in [0.25, 0.3) is 5.91 Å². The van der Waals surface area contributed by atoms with E-state index in [1.165, 1.54) is 0 Å². The van der Waals surface area contributed by atoms with Crippen LogP contribution in [-0.2, 0) is 4.74 Å². The van der Waals surface area contributed by atoms with E-state index >= 15 is 0 Å². The number of ether oxygens (including phenoxy) is 1. The summed E-state index contributed by atoms with van der Waals surface area (Å²) in [6.45, 7) is 2.71. The van der Waals surface area contributed by atoms with Crippen molar-refractivity contribution < 1.29 is 9.53 Å². The summed E-state index contributed by atoms with van der Waals surface area (Å²) in [5.41, 5.74) is 2.32. The Hall–Kier alpha value is -4.04. The Labute approximate surface area is 185 Å². The van der Waals surface area contributed by atoms with Gasteiger partial charge in [-0.2, -0.15) is 0 Å². The quantitative estimate of drug-likeness (QED) is 0.526. The second-order valence-corrected chi connectivity index (χ2v) is 7.30. The van der Waals surface area contributed by atoms with Crippen molar-refractivity contribution in [1.29, 1.82) is 0 Å². The first-order valence-electron chi connectivity index (χ1n) is 10.5. The van der Waals surface area contributed by atoms with E-state index in [4.69, 9.17) is 4.74 Å². The van der Waals surface area contributed by atoms with Crippen LogP contribution in [0.1, 0.15) is 10.6 Å². The number of anilines is 2. The highest BCUT2D eigenvalue weighted by Gasteiger charge is 2.22. The first-order chi connectivity index (χ1) is 15.8. The van der Waals surface area contributed by atoms with E-state index in [1.54, 1.807) is 16.9 Å². The predicted octanol–water partition coefficient (Wildman–Crippen LogP) is 3.42. The van der Waals surface area contributed by atoms with Crippen LogP contribution in [-0.4, -0.2) is 52.0 Å². The fourth-order valence-electron chi connectivity index (χ4n) is 3.63. The van der Waals surface area contributed by atoms with Gasteiger partial charge in [-0.3, -0.25) is 4.79 Å². The number of rotatable bonds is 5. The van der Waals surface area contributed by atoms with Crippen LogP contribution in [0.4, 0.5) is 11.5 Å². The SMILES string of the molecule is O=C(Nc1cccnc1N1CCOCC1)c1nc(-c2ccccc2)n(-c2ccccc2)n1. The van der Waals surface area contributed by atoms with Gasteiger partial charge in [-0.15, -0.1) is 5.10 Å². The van der Waals surface area contributed by atoms with Gasteiger partial charge in [0.2, 0.25) is 5.82 Å². The summed E-state index contributed by atoms with van der Waals surface area (Å²) in [6, 6.07) is 23.0. The molecule has 8 nitrogen and oxygen atoms in total. The van der Waals surface area contributed by atoms with Gasteiger partial charge in [-0.25, -0.2) is 14.6 Å². The van der Waals surface area contributed by atoms with Gasteiger partial charge in [0.05, 0.1) is 24.6 Å². The molecule has 4 aromatic rings. The lowest BCUT2D eigenvalue weighted by Crippen LogP contribution is -2.37. The number of benzene rings is 2. The van der Waals surface area contributed by atoms with E-state index in [1.807, 2.05) is 66.7 Å². The van der Waals surface area contributed by atoms with Gasteiger partial charge in [0.1, 0.15) is 0 Å². The van der Waals surface area contributed by atoms with Crippen molar-refractivity contribution in [3.63, 3.8) is 0 Å². The topological polar surface area (TPSA) is 85.2 Å². The Morgan fingerprint density at radius 3 is 2.38 bits per heavy atom. The Bertz CT molecular complexity index is 1150. The number of hydrogen-bond acceptors (Lipinski definition) is 6. The Morgan fingerprint density at radius 2 is 1.62 bits per heavy atom. The maximum atomic E-state index is 13.2. The zero-order valence-corrected chi connectivity index (χ0v) is 17.4. The molecule has 0 atom stereocenters. The molecule has 8 heteroatoms. The molecular weight excluding hydrogens is 404 g/mol. The number of carbonyl (C=O) groups is 1. The van der Waals surface area contributed by atoms with Crippen LogP contribution in [0.15, 0.2) is 79.0 Å². The normalized spacial score (nSPS) is 13.7. The molecule has 3 heterocycles. The molecule has 1 aliphatic rings. The summed E-state index contributed by atoms with van der Waals surface area (Å²) in [7, 11) is 0. The molecule has 2 aromatic carbocycles. The molecular formula is C24H22N6O2. The molecule has 0 saturated carbocycles. The lowest BCUT2D eigenvalue weighted by molar-refractivity contribution is 0.101. The van der Waals surface area contributed by atoms with Crippen molar-refractivity contribution in [1.82, 2.24) is 19.7 Å². The molecule has 0 aliphatic carbocycles. The van der Waals surface area contributed by atoms with Gasteiger partial charge in [0.15, 0.2) is 11.6 Å². The molecule has 160 valence electrons. The number of nitrogens with zero attached hydrogens (tertiary/aromatic N) is 5. The molecule has 1 fully saturated rings. The van der Waals surface area contributed by atoms with Crippen molar-refractivity contribution in [2.24, 2.45) is 0 Å². The van der Waals surface area contributed by atoms with Crippen LogP contribution in [0, 0.1) is 0 Å². The van der Waals surface area contributed by atoms with Crippen LogP contribution in [0.5, 0.6) is 0 Å². The van der Waals surface area contributed by atoms with E-state index < -0.39 is 0 Å². The zero-order valence-electron chi connectivity index (χ0n) is 17.4. The summed E-state index contributed by atoms with van der Waals surface area (Å²) in [6.07, 6.45) is 1.72. The second kappa shape index (κ2) is 8.99. The molecule has 0 unspecified atom stereocenters. The molecule has 1 N–H and O–H groups in total. The van der Waals surface area contributed by atoms with Crippen molar-refractivity contribution in [3.05, 3.63) is 84.8 Å². The Morgan fingerprint density at radius 1 is 0.906 bits per heavy atom. The van der Waals surface area contributed by atoms with E-state index in [-0.39, 0.29) is 11.7 Å². The minimum absolute atomic E-state index is 0.0875. The van der Waals surface area contributed by atoms with Crippen LogP contribution in [0.3, 0.4) is 0 Å². The number of carbonyl (C=O) groups excluding carboxylic acids is 1. The first-order valence-corrected chi connectivity index (χ1v) is 10.5. The molecule has 1 amide bonds. The maximum absolute atomic E-state index is 13.2. The van der Waals surface area contributed by atoms with Gasteiger partial charge < -0.3 is 15.0 Å². The zero-order chi connectivity index (χ0) is 21.8. The van der Waals surface area contributed by atoms with Crippen molar-refractivity contribution >= 4 is 17.4 Å². The van der Waals surface area contributed by atoms with Crippen LogP contribution in [0.25, 0.3) is 17.1 Å². The summed E-state index contributed by atoms with van der Waals surface area (Å²) >= 11 is 0. The highest BCUT2D eigenvalue weighted by molar-refractivity contribution is 6.03. The molecule has 32 heavy (non-hydrogen) atoms. The summed E-state index contributed by atoms with van der Waals surface area (Å²) in [4.78, 5) is 24.3. The van der Waals surface area contributed by atoms with E-state index in [0.29, 0.717) is 24.7 Å². The maximum Gasteiger partial charge on any atom is 0.295 e. The number of pyridine rings is 1. The molecule has 0 bridgehead atoms. The largest absolute Gasteiger partial charge is 0.378 e. The third-order valence-corrected chi connectivity index (χ3v) is 5.19. The smallest absolute Gasteiger partial charge is 0.295 e. The fourth-order valence-corrected chi connectivity index (χ4v) is 3.63. The molecule has 5 rings (SSSR count).